The Morgan fingerprint density at radius 3 is 2.65 bits per heavy atom. The summed E-state index contributed by atoms with van der Waals surface area (Å²) in [5.74, 6) is 1.82. The van der Waals surface area contributed by atoms with E-state index in [2.05, 4.69) is 31.0 Å². The number of hydrogen-bond acceptors (Lipinski definition) is 2. The molecule has 1 saturated carbocycles. The van der Waals surface area contributed by atoms with Crippen LogP contribution < -0.4 is 5.32 Å². The smallest absolute Gasteiger partial charge is 0.0139 e. The molecule has 0 radical (unpaired) electrons. The highest BCUT2D eigenvalue weighted by Crippen LogP contribution is 2.36. The predicted octanol–water partition coefficient (Wildman–Crippen LogP) is 2.89. The Hall–Kier alpha value is -0.0800. The molecule has 4 atom stereocenters. The standard InChI is InChI=1S/C15H30N2/c1-4-9-16-11-14-7-8-15(14)17-10-5-6-12(2)13(17)3/h12-16H,4-11H2,1-3H3. The van der Waals surface area contributed by atoms with Gasteiger partial charge in [0.2, 0.25) is 0 Å². The molecule has 4 unspecified atom stereocenters. The average Bonchev–Trinajstić information content (AvgIpc) is 2.29. The minimum Gasteiger partial charge on any atom is -0.316 e. The van der Waals surface area contributed by atoms with Gasteiger partial charge in [-0.3, -0.25) is 4.90 Å². The van der Waals surface area contributed by atoms with Gasteiger partial charge >= 0.3 is 0 Å². The van der Waals surface area contributed by atoms with Crippen LogP contribution in [0.1, 0.15) is 52.9 Å². The zero-order chi connectivity index (χ0) is 12.3. The van der Waals surface area contributed by atoms with Gasteiger partial charge in [0.25, 0.3) is 0 Å². The molecular weight excluding hydrogens is 208 g/mol. The molecule has 2 fully saturated rings. The molecule has 2 heteroatoms. The second kappa shape index (κ2) is 6.19. The molecule has 0 aromatic rings. The largest absolute Gasteiger partial charge is 0.316 e. The van der Waals surface area contributed by atoms with Crippen molar-refractivity contribution in [1.82, 2.24) is 10.2 Å². The predicted molar refractivity (Wildman–Crippen MR) is 74.2 cm³/mol. The van der Waals surface area contributed by atoms with E-state index < -0.39 is 0 Å². The highest BCUT2D eigenvalue weighted by molar-refractivity contribution is 4.94. The van der Waals surface area contributed by atoms with Gasteiger partial charge in [0, 0.05) is 12.1 Å². The van der Waals surface area contributed by atoms with Crippen molar-refractivity contribution in [2.75, 3.05) is 19.6 Å². The van der Waals surface area contributed by atoms with Crippen LogP contribution in [0.25, 0.3) is 0 Å². The number of piperidine rings is 1. The highest BCUT2D eigenvalue weighted by Gasteiger charge is 2.39. The van der Waals surface area contributed by atoms with E-state index in [0.717, 1.165) is 23.9 Å². The minimum atomic E-state index is 0.808. The zero-order valence-electron chi connectivity index (χ0n) is 11.9. The summed E-state index contributed by atoms with van der Waals surface area (Å²) in [6.07, 6.45) is 6.99. The molecule has 2 aliphatic rings. The van der Waals surface area contributed by atoms with Crippen molar-refractivity contribution in [2.24, 2.45) is 11.8 Å². The van der Waals surface area contributed by atoms with E-state index in [1.165, 1.54) is 51.7 Å². The first-order chi connectivity index (χ1) is 8.24. The van der Waals surface area contributed by atoms with Crippen LogP contribution in [0.4, 0.5) is 0 Å². The molecule has 0 bridgehead atoms. The zero-order valence-corrected chi connectivity index (χ0v) is 11.9. The van der Waals surface area contributed by atoms with Crippen LogP contribution in [0, 0.1) is 11.8 Å². The third kappa shape index (κ3) is 3.03. The van der Waals surface area contributed by atoms with E-state index in [4.69, 9.17) is 0 Å². The third-order valence-electron chi connectivity index (χ3n) is 5.06. The topological polar surface area (TPSA) is 15.3 Å². The van der Waals surface area contributed by atoms with E-state index >= 15 is 0 Å². The summed E-state index contributed by atoms with van der Waals surface area (Å²) >= 11 is 0. The lowest BCUT2D eigenvalue weighted by molar-refractivity contribution is -0.00643. The van der Waals surface area contributed by atoms with Crippen LogP contribution in [0.2, 0.25) is 0 Å². The highest BCUT2D eigenvalue weighted by atomic mass is 15.2. The number of likely N-dealkylation sites (tertiary alicyclic amines) is 1. The fourth-order valence-corrected chi connectivity index (χ4v) is 3.53. The minimum absolute atomic E-state index is 0.808. The Labute approximate surface area is 107 Å². The summed E-state index contributed by atoms with van der Waals surface area (Å²) in [4.78, 5) is 2.82. The Balaban J connectivity index is 1.80. The van der Waals surface area contributed by atoms with Gasteiger partial charge in [-0.15, -0.1) is 0 Å². The van der Waals surface area contributed by atoms with Crippen LogP contribution in [-0.4, -0.2) is 36.6 Å². The Morgan fingerprint density at radius 2 is 2.00 bits per heavy atom. The van der Waals surface area contributed by atoms with E-state index in [1.54, 1.807) is 0 Å². The first-order valence-electron chi connectivity index (χ1n) is 7.70. The van der Waals surface area contributed by atoms with E-state index in [-0.39, 0.29) is 0 Å². The number of rotatable bonds is 5. The van der Waals surface area contributed by atoms with Crippen molar-refractivity contribution in [2.45, 2.75) is 65.0 Å². The second-order valence-corrected chi connectivity index (χ2v) is 6.21. The summed E-state index contributed by atoms with van der Waals surface area (Å²) in [6.45, 7) is 10.9. The molecule has 1 saturated heterocycles. The van der Waals surface area contributed by atoms with Crippen molar-refractivity contribution in [3.8, 4) is 0 Å². The maximum atomic E-state index is 3.61. The van der Waals surface area contributed by atoms with Gasteiger partial charge in [-0.05, 0) is 70.5 Å². The molecule has 1 heterocycles. The molecular formula is C15H30N2. The summed E-state index contributed by atoms with van der Waals surface area (Å²) in [6, 6.07) is 1.69. The van der Waals surface area contributed by atoms with Crippen LogP contribution in [-0.2, 0) is 0 Å². The van der Waals surface area contributed by atoms with Gasteiger partial charge in [-0.1, -0.05) is 13.8 Å². The van der Waals surface area contributed by atoms with Gasteiger partial charge in [-0.25, -0.2) is 0 Å². The second-order valence-electron chi connectivity index (χ2n) is 6.21. The monoisotopic (exact) mass is 238 g/mol. The first-order valence-corrected chi connectivity index (χ1v) is 7.70. The summed E-state index contributed by atoms with van der Waals surface area (Å²) in [5.41, 5.74) is 0. The SMILES string of the molecule is CCCNCC1CCC1N1CCCC(C)C1C. The molecule has 2 rings (SSSR count). The molecule has 0 aromatic carbocycles. The first kappa shape index (κ1) is 13.4. The maximum Gasteiger partial charge on any atom is 0.0139 e. The third-order valence-corrected chi connectivity index (χ3v) is 5.06. The fourth-order valence-electron chi connectivity index (χ4n) is 3.53. The summed E-state index contributed by atoms with van der Waals surface area (Å²) < 4.78 is 0. The number of nitrogens with one attached hydrogen (secondary N) is 1. The molecule has 1 N–H and O–H groups in total. The van der Waals surface area contributed by atoms with Gasteiger partial charge in [0.1, 0.15) is 0 Å². The Kier molecular flexibility index (Phi) is 4.87. The van der Waals surface area contributed by atoms with Gasteiger partial charge in [0.15, 0.2) is 0 Å². The molecule has 0 aromatic heterocycles. The van der Waals surface area contributed by atoms with Crippen LogP contribution >= 0.6 is 0 Å². The van der Waals surface area contributed by atoms with Crippen molar-refractivity contribution in [3.63, 3.8) is 0 Å². The van der Waals surface area contributed by atoms with Crippen molar-refractivity contribution in [3.05, 3.63) is 0 Å². The fraction of sp³-hybridized carbons (Fsp3) is 1.00. The molecule has 0 amide bonds. The molecule has 0 spiro atoms. The number of nitrogens with zero attached hydrogens (tertiary/aromatic N) is 1. The normalized spacial score (nSPS) is 39.0. The Bertz CT molecular complexity index is 229. The number of hydrogen-bond donors (Lipinski definition) is 1. The summed E-state index contributed by atoms with van der Waals surface area (Å²) in [7, 11) is 0. The van der Waals surface area contributed by atoms with E-state index in [0.29, 0.717) is 0 Å². The maximum absolute atomic E-state index is 3.61. The van der Waals surface area contributed by atoms with Crippen LogP contribution in [0.5, 0.6) is 0 Å². The van der Waals surface area contributed by atoms with Crippen molar-refractivity contribution < 1.29 is 0 Å². The molecule has 1 aliphatic heterocycles. The Morgan fingerprint density at radius 1 is 1.18 bits per heavy atom. The average molecular weight is 238 g/mol. The molecule has 17 heavy (non-hydrogen) atoms. The lowest BCUT2D eigenvalue weighted by atomic mass is 9.76. The van der Waals surface area contributed by atoms with Gasteiger partial charge < -0.3 is 5.32 Å². The molecule has 100 valence electrons. The lowest BCUT2D eigenvalue weighted by Crippen LogP contribution is -2.56. The summed E-state index contributed by atoms with van der Waals surface area (Å²) in [5, 5.41) is 3.61. The van der Waals surface area contributed by atoms with Crippen molar-refractivity contribution >= 4 is 0 Å². The van der Waals surface area contributed by atoms with E-state index in [9.17, 15) is 0 Å². The van der Waals surface area contributed by atoms with E-state index in [1.807, 2.05) is 0 Å². The van der Waals surface area contributed by atoms with Gasteiger partial charge in [0.05, 0.1) is 0 Å². The quantitative estimate of drug-likeness (QED) is 0.741. The molecule has 2 nitrogen and oxygen atoms in total. The van der Waals surface area contributed by atoms with Crippen LogP contribution in [0.15, 0.2) is 0 Å². The van der Waals surface area contributed by atoms with Gasteiger partial charge in [-0.2, -0.15) is 0 Å². The lowest BCUT2D eigenvalue weighted by Gasteiger charge is -2.50. The van der Waals surface area contributed by atoms with Crippen LogP contribution in [0.3, 0.4) is 0 Å². The van der Waals surface area contributed by atoms with Crippen molar-refractivity contribution in [1.29, 1.82) is 0 Å². The molecule has 1 aliphatic carbocycles.